The number of rotatable bonds is 5. The number of hydrogen-bond acceptors (Lipinski definition) is 4. The van der Waals surface area contributed by atoms with Gasteiger partial charge in [0, 0.05) is 18.1 Å². The van der Waals surface area contributed by atoms with Crippen LogP contribution in [0.25, 0.3) is 0 Å². The van der Waals surface area contributed by atoms with E-state index in [1.807, 2.05) is 38.1 Å². The Bertz CT molecular complexity index is 937. The van der Waals surface area contributed by atoms with Crippen LogP contribution in [0, 0.1) is 0 Å². The summed E-state index contributed by atoms with van der Waals surface area (Å²) in [6.45, 7) is 5.86. The molecule has 160 valence electrons. The molecule has 2 atom stereocenters. The highest BCUT2D eigenvalue weighted by molar-refractivity contribution is 5.81. The Balaban J connectivity index is 1.46. The van der Waals surface area contributed by atoms with Gasteiger partial charge in [-0.15, -0.1) is 0 Å². The van der Waals surface area contributed by atoms with Gasteiger partial charge in [0.15, 0.2) is 6.10 Å². The number of carbonyl (C=O) groups is 1. The summed E-state index contributed by atoms with van der Waals surface area (Å²) in [6, 6.07) is 11.8. The molecule has 0 fully saturated rings. The highest BCUT2D eigenvalue weighted by atomic mass is 16.5. The van der Waals surface area contributed by atoms with Crippen molar-refractivity contribution in [2.75, 3.05) is 7.11 Å². The first-order chi connectivity index (χ1) is 14.3. The standard InChI is InChI=1S/C25H31NO4/c1-16(29-20-10-9-17-7-5-6-8-18(17)13-20)24(27)26-22-15-25(2,3)30-23-14-19(28-4)11-12-21(22)23/h9-14,16,22H,5-8,15H2,1-4H3,(H,26,27)/t16-,22+/m1/s1. The van der Waals surface area contributed by atoms with E-state index in [2.05, 4.69) is 17.4 Å². The predicted octanol–water partition coefficient (Wildman–Crippen LogP) is 4.76. The second kappa shape index (κ2) is 8.21. The maximum atomic E-state index is 12.9. The normalized spacial score (nSPS) is 20.2. The van der Waals surface area contributed by atoms with Crippen LogP contribution in [-0.4, -0.2) is 24.7 Å². The molecule has 1 aliphatic carbocycles. The van der Waals surface area contributed by atoms with Crippen LogP contribution in [0.15, 0.2) is 36.4 Å². The summed E-state index contributed by atoms with van der Waals surface area (Å²) in [4.78, 5) is 12.9. The molecule has 0 bridgehead atoms. The zero-order valence-corrected chi connectivity index (χ0v) is 18.3. The quantitative estimate of drug-likeness (QED) is 0.774. The number of ether oxygens (including phenoxy) is 3. The second-order valence-corrected chi connectivity index (χ2v) is 8.93. The minimum Gasteiger partial charge on any atom is -0.497 e. The molecule has 0 aromatic heterocycles. The number of carbonyl (C=O) groups excluding carboxylic acids is 1. The summed E-state index contributed by atoms with van der Waals surface area (Å²) >= 11 is 0. The Morgan fingerprint density at radius 1 is 1.10 bits per heavy atom. The topological polar surface area (TPSA) is 56.8 Å². The van der Waals surface area contributed by atoms with E-state index in [9.17, 15) is 4.79 Å². The van der Waals surface area contributed by atoms with Crippen LogP contribution in [0.1, 0.15) is 62.8 Å². The second-order valence-electron chi connectivity index (χ2n) is 8.93. The molecule has 1 heterocycles. The molecule has 5 heteroatoms. The Kier molecular flexibility index (Phi) is 5.63. The highest BCUT2D eigenvalue weighted by Crippen LogP contribution is 2.41. The summed E-state index contributed by atoms with van der Waals surface area (Å²) < 4.78 is 17.4. The molecule has 2 aliphatic rings. The van der Waals surface area contributed by atoms with Gasteiger partial charge in [0.1, 0.15) is 22.8 Å². The Labute approximate surface area is 178 Å². The lowest BCUT2D eigenvalue weighted by molar-refractivity contribution is -0.128. The van der Waals surface area contributed by atoms with Crippen LogP contribution in [0.2, 0.25) is 0 Å². The van der Waals surface area contributed by atoms with Crippen molar-refractivity contribution in [3.63, 3.8) is 0 Å². The molecule has 2 aromatic rings. The lowest BCUT2D eigenvalue weighted by Gasteiger charge is -2.38. The monoisotopic (exact) mass is 409 g/mol. The molecule has 1 N–H and O–H groups in total. The molecule has 30 heavy (non-hydrogen) atoms. The average Bonchev–Trinajstić information content (AvgIpc) is 2.72. The van der Waals surface area contributed by atoms with Crippen LogP contribution in [0.4, 0.5) is 0 Å². The molecule has 5 nitrogen and oxygen atoms in total. The van der Waals surface area contributed by atoms with E-state index in [1.165, 1.54) is 24.0 Å². The number of nitrogens with one attached hydrogen (secondary N) is 1. The molecule has 2 aromatic carbocycles. The minimum absolute atomic E-state index is 0.128. The van der Waals surface area contributed by atoms with Crippen LogP contribution >= 0.6 is 0 Å². The number of hydrogen-bond donors (Lipinski definition) is 1. The molecule has 1 aliphatic heterocycles. The molecule has 0 radical (unpaired) electrons. The van der Waals surface area contributed by atoms with Gasteiger partial charge < -0.3 is 19.5 Å². The number of amides is 1. The maximum Gasteiger partial charge on any atom is 0.261 e. The van der Waals surface area contributed by atoms with Crippen molar-refractivity contribution in [1.82, 2.24) is 5.32 Å². The van der Waals surface area contributed by atoms with Gasteiger partial charge in [0.2, 0.25) is 0 Å². The van der Waals surface area contributed by atoms with Gasteiger partial charge in [-0.25, -0.2) is 0 Å². The van der Waals surface area contributed by atoms with Gasteiger partial charge in [0.05, 0.1) is 13.2 Å². The Morgan fingerprint density at radius 3 is 2.60 bits per heavy atom. The third-order valence-corrected chi connectivity index (χ3v) is 6.00. The molecule has 1 amide bonds. The fourth-order valence-electron chi connectivity index (χ4n) is 4.42. The van der Waals surface area contributed by atoms with E-state index in [0.717, 1.165) is 35.7 Å². The number of benzene rings is 2. The van der Waals surface area contributed by atoms with Gasteiger partial charge in [-0.2, -0.15) is 0 Å². The smallest absolute Gasteiger partial charge is 0.261 e. The van der Waals surface area contributed by atoms with E-state index in [-0.39, 0.29) is 17.6 Å². The fourth-order valence-corrected chi connectivity index (χ4v) is 4.42. The minimum atomic E-state index is -0.584. The van der Waals surface area contributed by atoms with Crippen molar-refractivity contribution in [3.05, 3.63) is 53.1 Å². The molecule has 4 rings (SSSR count). The van der Waals surface area contributed by atoms with Crippen LogP contribution in [-0.2, 0) is 17.6 Å². The van der Waals surface area contributed by atoms with Crippen LogP contribution in [0.3, 0.4) is 0 Å². The largest absolute Gasteiger partial charge is 0.497 e. The first-order valence-corrected chi connectivity index (χ1v) is 10.8. The van der Waals surface area contributed by atoms with Gasteiger partial charge in [-0.05, 0) is 81.8 Å². The predicted molar refractivity (Wildman–Crippen MR) is 116 cm³/mol. The molecular weight excluding hydrogens is 378 g/mol. The zero-order chi connectivity index (χ0) is 21.3. The Hall–Kier alpha value is -2.69. The van der Waals surface area contributed by atoms with Crippen LogP contribution in [0.5, 0.6) is 17.2 Å². The first-order valence-electron chi connectivity index (χ1n) is 10.8. The average molecular weight is 410 g/mol. The van der Waals surface area contributed by atoms with Crippen molar-refractivity contribution in [3.8, 4) is 17.2 Å². The number of methoxy groups -OCH3 is 1. The summed E-state index contributed by atoms with van der Waals surface area (Å²) in [7, 11) is 1.63. The lowest BCUT2D eigenvalue weighted by atomic mass is 9.89. The van der Waals surface area contributed by atoms with Crippen molar-refractivity contribution in [1.29, 1.82) is 0 Å². The summed E-state index contributed by atoms with van der Waals surface area (Å²) in [5, 5.41) is 3.17. The summed E-state index contributed by atoms with van der Waals surface area (Å²) in [5.74, 6) is 2.12. The molecule has 0 spiro atoms. The van der Waals surface area contributed by atoms with Gasteiger partial charge in [-0.1, -0.05) is 6.07 Å². The van der Waals surface area contributed by atoms with Crippen molar-refractivity contribution in [2.24, 2.45) is 0 Å². The van der Waals surface area contributed by atoms with E-state index < -0.39 is 6.10 Å². The van der Waals surface area contributed by atoms with Crippen LogP contribution < -0.4 is 19.5 Å². The van der Waals surface area contributed by atoms with E-state index in [4.69, 9.17) is 14.2 Å². The maximum absolute atomic E-state index is 12.9. The molecular formula is C25H31NO4. The zero-order valence-electron chi connectivity index (χ0n) is 18.3. The lowest BCUT2D eigenvalue weighted by Crippen LogP contribution is -2.44. The summed E-state index contributed by atoms with van der Waals surface area (Å²) in [5.41, 5.74) is 3.33. The summed E-state index contributed by atoms with van der Waals surface area (Å²) in [6.07, 6.45) is 4.79. The van der Waals surface area contributed by atoms with Gasteiger partial charge >= 0.3 is 0 Å². The van der Waals surface area contributed by atoms with Crippen molar-refractivity contribution >= 4 is 5.91 Å². The highest BCUT2D eigenvalue weighted by Gasteiger charge is 2.35. The van der Waals surface area contributed by atoms with Crippen molar-refractivity contribution in [2.45, 2.75) is 70.6 Å². The molecule has 0 unspecified atom stereocenters. The van der Waals surface area contributed by atoms with Gasteiger partial charge in [0.25, 0.3) is 5.91 Å². The molecule has 0 saturated heterocycles. The third kappa shape index (κ3) is 4.40. The Morgan fingerprint density at radius 2 is 1.83 bits per heavy atom. The first kappa shape index (κ1) is 20.6. The fraction of sp³-hybridized carbons (Fsp3) is 0.480. The SMILES string of the molecule is COc1ccc2c(c1)OC(C)(C)C[C@@H]2NC(=O)[C@@H](C)Oc1ccc2c(c1)CCCC2. The molecule has 0 saturated carbocycles. The van der Waals surface area contributed by atoms with Crippen molar-refractivity contribution < 1.29 is 19.0 Å². The number of aryl methyl sites for hydroxylation is 2. The third-order valence-electron chi connectivity index (χ3n) is 6.00. The van der Waals surface area contributed by atoms with Gasteiger partial charge in [-0.3, -0.25) is 4.79 Å². The number of fused-ring (bicyclic) bond motifs is 2. The van der Waals surface area contributed by atoms with E-state index >= 15 is 0 Å². The van der Waals surface area contributed by atoms with E-state index in [0.29, 0.717) is 6.42 Å². The van der Waals surface area contributed by atoms with E-state index in [1.54, 1.807) is 14.0 Å².